The predicted molar refractivity (Wildman–Crippen MR) is 63.2 cm³/mol. The Morgan fingerprint density at radius 2 is 1.76 bits per heavy atom. The van der Waals surface area contributed by atoms with Crippen LogP contribution in [0, 0.1) is 11.8 Å². The first kappa shape index (κ1) is 10.7. The van der Waals surface area contributed by atoms with Gasteiger partial charge in [0.2, 0.25) is 0 Å². The van der Waals surface area contributed by atoms with Gasteiger partial charge in [0.25, 0.3) is 0 Å². The third-order valence-corrected chi connectivity index (χ3v) is 5.74. The minimum Gasteiger partial charge on any atom is -0.298 e. The number of sulfone groups is 1. The summed E-state index contributed by atoms with van der Waals surface area (Å²) in [5.74, 6) is -0.442. The second-order valence-electron chi connectivity index (χ2n) is 4.57. The quantitative estimate of drug-likeness (QED) is 0.747. The fourth-order valence-corrected chi connectivity index (χ4v) is 4.70. The van der Waals surface area contributed by atoms with Crippen LogP contribution in [0.2, 0.25) is 0 Å². The Morgan fingerprint density at radius 3 is 2.35 bits per heavy atom. The number of allylic oxidation sites excluding steroid dienone is 2. The van der Waals surface area contributed by atoms with Crippen LogP contribution in [0.4, 0.5) is 0 Å². The summed E-state index contributed by atoms with van der Waals surface area (Å²) in [6.45, 7) is 0. The van der Waals surface area contributed by atoms with Gasteiger partial charge >= 0.3 is 0 Å². The van der Waals surface area contributed by atoms with Gasteiger partial charge in [0.15, 0.2) is 15.6 Å². The Kier molecular flexibility index (Phi) is 2.23. The zero-order chi connectivity index (χ0) is 12.0. The molecule has 0 heterocycles. The van der Waals surface area contributed by atoms with E-state index in [-0.39, 0.29) is 22.5 Å². The summed E-state index contributed by atoms with van der Waals surface area (Å²) in [5, 5.41) is -0.861. The Bertz CT molecular complexity index is 586. The molecule has 0 N–H and O–H groups in total. The van der Waals surface area contributed by atoms with Crippen molar-refractivity contribution in [2.24, 2.45) is 11.8 Å². The summed E-state index contributed by atoms with van der Waals surface area (Å²) < 4.78 is 24.8. The molecule has 2 aliphatic carbocycles. The highest BCUT2D eigenvalue weighted by atomic mass is 32.2. The van der Waals surface area contributed by atoms with Gasteiger partial charge in [-0.1, -0.05) is 30.4 Å². The SMILES string of the molecule is O=C1[C@H]2C=C[C@H](C2)[C@H]1S(=O)(=O)c1ccccc1. The molecular formula is C13H12O3S. The molecule has 1 aromatic carbocycles. The molecule has 1 saturated carbocycles. The molecule has 0 amide bonds. The van der Waals surface area contributed by atoms with Gasteiger partial charge < -0.3 is 0 Å². The van der Waals surface area contributed by atoms with E-state index in [0.717, 1.165) is 0 Å². The summed E-state index contributed by atoms with van der Waals surface area (Å²) in [4.78, 5) is 12.2. The standard InChI is InChI=1S/C13H12O3S/c14-12-9-6-7-10(8-9)13(12)17(15,16)11-4-2-1-3-5-11/h1-7,9-10,13H,8H2/t9-,10+,13+/m0/s1. The highest BCUT2D eigenvalue weighted by Crippen LogP contribution is 2.41. The van der Waals surface area contributed by atoms with Crippen molar-refractivity contribution >= 4 is 15.6 Å². The Hall–Kier alpha value is -1.42. The number of carbonyl (C=O) groups is 1. The maximum absolute atomic E-state index is 12.4. The topological polar surface area (TPSA) is 51.2 Å². The molecule has 17 heavy (non-hydrogen) atoms. The second kappa shape index (κ2) is 3.53. The molecule has 0 saturated heterocycles. The van der Waals surface area contributed by atoms with Crippen molar-refractivity contribution in [2.75, 3.05) is 0 Å². The van der Waals surface area contributed by atoms with Crippen molar-refractivity contribution in [1.29, 1.82) is 0 Å². The van der Waals surface area contributed by atoms with Gasteiger partial charge in [0, 0.05) is 11.8 Å². The minimum absolute atomic E-state index is 0.127. The second-order valence-corrected chi connectivity index (χ2v) is 6.64. The van der Waals surface area contributed by atoms with Crippen LogP contribution in [0.5, 0.6) is 0 Å². The van der Waals surface area contributed by atoms with Gasteiger partial charge in [-0.25, -0.2) is 8.42 Å². The summed E-state index contributed by atoms with van der Waals surface area (Å²) >= 11 is 0. The molecule has 88 valence electrons. The van der Waals surface area contributed by atoms with E-state index in [1.807, 2.05) is 12.2 Å². The number of ketones is 1. The largest absolute Gasteiger partial charge is 0.298 e. The van der Waals surface area contributed by atoms with Crippen molar-refractivity contribution in [3.8, 4) is 0 Å². The zero-order valence-corrected chi connectivity index (χ0v) is 9.93. The van der Waals surface area contributed by atoms with E-state index in [1.54, 1.807) is 30.3 Å². The van der Waals surface area contributed by atoms with Crippen molar-refractivity contribution in [2.45, 2.75) is 16.6 Å². The first-order valence-electron chi connectivity index (χ1n) is 5.62. The lowest BCUT2D eigenvalue weighted by Gasteiger charge is -2.17. The van der Waals surface area contributed by atoms with Gasteiger partial charge in [-0.2, -0.15) is 0 Å². The Morgan fingerprint density at radius 1 is 1.06 bits per heavy atom. The minimum atomic E-state index is -3.52. The Labute approximate surface area is 100 Å². The van der Waals surface area contributed by atoms with E-state index >= 15 is 0 Å². The van der Waals surface area contributed by atoms with Gasteiger partial charge in [-0.3, -0.25) is 4.79 Å². The van der Waals surface area contributed by atoms with Crippen LogP contribution in [-0.2, 0) is 14.6 Å². The Balaban J connectivity index is 2.06. The molecule has 0 radical (unpaired) electrons. The first-order chi connectivity index (χ1) is 8.10. The van der Waals surface area contributed by atoms with Gasteiger partial charge in [0.1, 0.15) is 5.25 Å². The molecule has 0 aliphatic heterocycles. The lowest BCUT2D eigenvalue weighted by Crippen LogP contribution is -2.33. The van der Waals surface area contributed by atoms with Crippen LogP contribution >= 0.6 is 0 Å². The smallest absolute Gasteiger partial charge is 0.188 e. The summed E-state index contributed by atoms with van der Waals surface area (Å²) in [6.07, 6.45) is 4.37. The van der Waals surface area contributed by atoms with Gasteiger partial charge in [-0.05, 0) is 18.6 Å². The predicted octanol–water partition coefficient (Wildman–Crippen LogP) is 1.60. The molecule has 1 aromatic rings. The van der Waals surface area contributed by atoms with Gasteiger partial charge in [-0.15, -0.1) is 0 Å². The third-order valence-electron chi connectivity index (χ3n) is 3.56. The number of Topliss-reactive ketones (excluding diaryl/α,β-unsaturated/α-hetero) is 1. The van der Waals surface area contributed by atoms with Crippen molar-refractivity contribution < 1.29 is 13.2 Å². The maximum Gasteiger partial charge on any atom is 0.188 e. The highest BCUT2D eigenvalue weighted by Gasteiger charge is 2.50. The maximum atomic E-state index is 12.4. The highest BCUT2D eigenvalue weighted by molar-refractivity contribution is 7.92. The fraction of sp³-hybridized carbons (Fsp3) is 0.308. The molecule has 3 nitrogen and oxygen atoms in total. The molecule has 0 aromatic heterocycles. The summed E-state index contributed by atoms with van der Waals surface area (Å²) in [6, 6.07) is 8.24. The van der Waals surface area contributed by atoms with E-state index in [0.29, 0.717) is 6.42 Å². The van der Waals surface area contributed by atoms with E-state index in [2.05, 4.69) is 0 Å². The number of rotatable bonds is 2. The van der Waals surface area contributed by atoms with E-state index < -0.39 is 15.1 Å². The lowest BCUT2D eigenvalue weighted by atomic mass is 10.1. The molecule has 3 rings (SSSR count). The summed E-state index contributed by atoms with van der Waals surface area (Å²) in [7, 11) is -3.52. The first-order valence-corrected chi connectivity index (χ1v) is 7.16. The van der Waals surface area contributed by atoms with Gasteiger partial charge in [0.05, 0.1) is 4.90 Å². The number of carbonyl (C=O) groups excluding carboxylic acids is 1. The third kappa shape index (κ3) is 1.47. The fourth-order valence-electron chi connectivity index (χ4n) is 2.72. The molecule has 0 spiro atoms. The lowest BCUT2D eigenvalue weighted by molar-refractivity contribution is -0.119. The normalized spacial score (nSPS) is 31.1. The molecule has 2 aliphatic rings. The van der Waals surface area contributed by atoms with Crippen LogP contribution < -0.4 is 0 Å². The number of hydrogen-bond acceptors (Lipinski definition) is 3. The molecule has 1 fully saturated rings. The van der Waals surface area contributed by atoms with Crippen molar-refractivity contribution in [3.63, 3.8) is 0 Å². The van der Waals surface area contributed by atoms with Crippen LogP contribution in [0.25, 0.3) is 0 Å². The van der Waals surface area contributed by atoms with Crippen LogP contribution in [-0.4, -0.2) is 19.5 Å². The zero-order valence-electron chi connectivity index (χ0n) is 9.11. The van der Waals surface area contributed by atoms with Crippen molar-refractivity contribution in [1.82, 2.24) is 0 Å². The molecular weight excluding hydrogens is 236 g/mol. The van der Waals surface area contributed by atoms with Crippen LogP contribution in [0.15, 0.2) is 47.4 Å². The molecule has 3 atom stereocenters. The van der Waals surface area contributed by atoms with Crippen LogP contribution in [0.3, 0.4) is 0 Å². The average molecular weight is 248 g/mol. The number of hydrogen-bond donors (Lipinski definition) is 0. The van der Waals surface area contributed by atoms with E-state index in [1.165, 1.54) is 0 Å². The number of benzene rings is 1. The molecule has 0 unspecified atom stereocenters. The van der Waals surface area contributed by atoms with E-state index in [9.17, 15) is 13.2 Å². The monoisotopic (exact) mass is 248 g/mol. The van der Waals surface area contributed by atoms with Crippen LogP contribution in [0.1, 0.15) is 6.42 Å². The molecule has 2 bridgehead atoms. The number of fused-ring (bicyclic) bond motifs is 2. The average Bonchev–Trinajstić information content (AvgIpc) is 2.90. The summed E-state index contributed by atoms with van der Waals surface area (Å²) in [5.41, 5.74) is 0. The molecule has 4 heteroatoms. The van der Waals surface area contributed by atoms with E-state index in [4.69, 9.17) is 0 Å². The van der Waals surface area contributed by atoms with Crippen molar-refractivity contribution in [3.05, 3.63) is 42.5 Å².